The molecular formula is C14H11ClN4. The molecule has 0 saturated heterocycles. The average molecular weight is 271 g/mol. The van der Waals surface area contributed by atoms with Gasteiger partial charge < -0.3 is 5.32 Å². The first-order valence-electron chi connectivity index (χ1n) is 5.87. The summed E-state index contributed by atoms with van der Waals surface area (Å²) in [5.41, 5.74) is 2.10. The average Bonchev–Trinajstić information content (AvgIpc) is 2.47. The number of halogens is 1. The van der Waals surface area contributed by atoms with Gasteiger partial charge in [0.15, 0.2) is 0 Å². The van der Waals surface area contributed by atoms with Gasteiger partial charge in [-0.2, -0.15) is 0 Å². The first kappa shape index (κ1) is 11.9. The molecule has 2 heterocycles. The number of nitrogens with one attached hydrogen (secondary N) is 1. The summed E-state index contributed by atoms with van der Waals surface area (Å²) in [6.45, 7) is 0.621. The number of aromatic nitrogens is 3. The number of anilines is 1. The largest absolute Gasteiger partial charge is 0.350 e. The molecule has 0 spiro atoms. The SMILES string of the molecule is Clc1cnc(NCc2cccc3cccnc23)nc1. The molecule has 2 aromatic heterocycles. The van der Waals surface area contributed by atoms with Crippen molar-refractivity contribution in [3.63, 3.8) is 0 Å². The monoisotopic (exact) mass is 270 g/mol. The number of pyridine rings is 1. The highest BCUT2D eigenvalue weighted by Crippen LogP contribution is 2.16. The van der Waals surface area contributed by atoms with Crippen LogP contribution in [0.5, 0.6) is 0 Å². The zero-order valence-electron chi connectivity index (χ0n) is 10.0. The van der Waals surface area contributed by atoms with Crippen LogP contribution < -0.4 is 5.32 Å². The molecule has 0 saturated carbocycles. The minimum Gasteiger partial charge on any atom is -0.350 e. The third kappa shape index (κ3) is 2.63. The van der Waals surface area contributed by atoms with Crippen molar-refractivity contribution in [2.24, 2.45) is 0 Å². The molecule has 3 aromatic rings. The van der Waals surface area contributed by atoms with E-state index in [2.05, 4.69) is 20.3 Å². The minimum atomic E-state index is 0.525. The van der Waals surface area contributed by atoms with Gasteiger partial charge in [0.1, 0.15) is 0 Å². The number of hydrogen-bond donors (Lipinski definition) is 1. The van der Waals surface area contributed by atoms with Crippen LogP contribution in [0.2, 0.25) is 5.02 Å². The second-order valence-corrected chi connectivity index (χ2v) is 4.51. The van der Waals surface area contributed by atoms with Gasteiger partial charge in [-0.25, -0.2) is 9.97 Å². The van der Waals surface area contributed by atoms with Crippen LogP contribution in [0.3, 0.4) is 0 Å². The van der Waals surface area contributed by atoms with Crippen LogP contribution >= 0.6 is 11.6 Å². The van der Waals surface area contributed by atoms with Gasteiger partial charge >= 0.3 is 0 Å². The van der Waals surface area contributed by atoms with E-state index in [1.165, 1.54) is 0 Å². The second kappa shape index (κ2) is 5.20. The molecule has 0 fully saturated rings. The lowest BCUT2D eigenvalue weighted by Crippen LogP contribution is -2.04. The molecule has 19 heavy (non-hydrogen) atoms. The lowest BCUT2D eigenvalue weighted by Gasteiger charge is -2.07. The zero-order valence-corrected chi connectivity index (χ0v) is 10.8. The smallest absolute Gasteiger partial charge is 0.222 e. The molecular weight excluding hydrogens is 260 g/mol. The zero-order chi connectivity index (χ0) is 13.1. The van der Waals surface area contributed by atoms with Crippen LogP contribution in [-0.2, 0) is 6.54 Å². The Hall–Kier alpha value is -2.20. The van der Waals surface area contributed by atoms with Crippen molar-refractivity contribution in [1.29, 1.82) is 0 Å². The molecule has 0 radical (unpaired) electrons. The van der Waals surface area contributed by atoms with Gasteiger partial charge in [-0.1, -0.05) is 35.9 Å². The van der Waals surface area contributed by atoms with Gasteiger partial charge in [0.2, 0.25) is 5.95 Å². The van der Waals surface area contributed by atoms with E-state index in [4.69, 9.17) is 11.6 Å². The molecule has 1 N–H and O–H groups in total. The summed E-state index contributed by atoms with van der Waals surface area (Å²) in [6.07, 6.45) is 4.93. The van der Waals surface area contributed by atoms with E-state index in [1.807, 2.05) is 30.3 Å². The van der Waals surface area contributed by atoms with Crippen molar-refractivity contribution >= 4 is 28.5 Å². The Morgan fingerprint density at radius 2 is 1.79 bits per heavy atom. The summed E-state index contributed by atoms with van der Waals surface area (Å²) in [5.74, 6) is 0.553. The number of benzene rings is 1. The van der Waals surface area contributed by atoms with Crippen molar-refractivity contribution < 1.29 is 0 Å². The van der Waals surface area contributed by atoms with Gasteiger partial charge in [0, 0.05) is 18.1 Å². The van der Waals surface area contributed by atoms with E-state index in [1.54, 1.807) is 18.6 Å². The fraction of sp³-hybridized carbons (Fsp3) is 0.0714. The second-order valence-electron chi connectivity index (χ2n) is 4.07. The van der Waals surface area contributed by atoms with Gasteiger partial charge in [-0.3, -0.25) is 4.98 Å². The quantitative estimate of drug-likeness (QED) is 0.793. The molecule has 0 aliphatic carbocycles. The Kier molecular flexibility index (Phi) is 3.25. The van der Waals surface area contributed by atoms with Crippen molar-refractivity contribution in [2.45, 2.75) is 6.54 Å². The Morgan fingerprint density at radius 3 is 2.63 bits per heavy atom. The maximum atomic E-state index is 5.74. The summed E-state index contributed by atoms with van der Waals surface area (Å²) >= 11 is 5.74. The molecule has 3 rings (SSSR count). The summed E-state index contributed by atoms with van der Waals surface area (Å²) in [5, 5.41) is 4.81. The highest BCUT2D eigenvalue weighted by atomic mass is 35.5. The highest BCUT2D eigenvalue weighted by Gasteiger charge is 2.02. The fourth-order valence-electron chi connectivity index (χ4n) is 1.89. The van der Waals surface area contributed by atoms with Crippen LogP contribution in [0.15, 0.2) is 48.9 Å². The molecule has 94 valence electrons. The van der Waals surface area contributed by atoms with Crippen LogP contribution in [0.1, 0.15) is 5.56 Å². The normalized spacial score (nSPS) is 10.6. The van der Waals surface area contributed by atoms with E-state index in [9.17, 15) is 0 Å². The van der Waals surface area contributed by atoms with Crippen molar-refractivity contribution in [2.75, 3.05) is 5.32 Å². The lowest BCUT2D eigenvalue weighted by atomic mass is 10.1. The number of rotatable bonds is 3. The topological polar surface area (TPSA) is 50.7 Å². The Labute approximate surface area is 115 Å². The van der Waals surface area contributed by atoms with Crippen molar-refractivity contribution in [3.05, 3.63) is 59.5 Å². The van der Waals surface area contributed by atoms with E-state index >= 15 is 0 Å². The highest BCUT2D eigenvalue weighted by molar-refractivity contribution is 6.30. The Bertz CT molecular complexity index is 692. The number of para-hydroxylation sites is 1. The van der Waals surface area contributed by atoms with Gasteiger partial charge in [-0.05, 0) is 11.6 Å². The van der Waals surface area contributed by atoms with Crippen LogP contribution in [0, 0.1) is 0 Å². The third-order valence-electron chi connectivity index (χ3n) is 2.77. The van der Waals surface area contributed by atoms with Crippen LogP contribution in [0.4, 0.5) is 5.95 Å². The van der Waals surface area contributed by atoms with E-state index in [0.717, 1.165) is 16.5 Å². The molecule has 0 bridgehead atoms. The molecule has 0 amide bonds. The molecule has 5 heteroatoms. The van der Waals surface area contributed by atoms with Gasteiger partial charge in [-0.15, -0.1) is 0 Å². The lowest BCUT2D eigenvalue weighted by molar-refractivity contribution is 1.06. The first-order chi connectivity index (χ1) is 9.33. The predicted octanol–water partition coefficient (Wildman–Crippen LogP) is 3.29. The summed E-state index contributed by atoms with van der Waals surface area (Å²) in [6, 6.07) is 10.1. The Morgan fingerprint density at radius 1 is 1.00 bits per heavy atom. The molecule has 0 aliphatic rings. The van der Waals surface area contributed by atoms with Crippen molar-refractivity contribution in [3.8, 4) is 0 Å². The molecule has 0 unspecified atom stereocenters. The van der Waals surface area contributed by atoms with E-state index < -0.39 is 0 Å². The summed E-state index contributed by atoms with van der Waals surface area (Å²) in [4.78, 5) is 12.6. The van der Waals surface area contributed by atoms with Crippen molar-refractivity contribution in [1.82, 2.24) is 15.0 Å². The molecule has 0 atom stereocenters. The summed E-state index contributed by atoms with van der Waals surface area (Å²) in [7, 11) is 0. The third-order valence-corrected chi connectivity index (χ3v) is 2.97. The maximum Gasteiger partial charge on any atom is 0.222 e. The Balaban J connectivity index is 1.84. The van der Waals surface area contributed by atoms with Crippen LogP contribution in [-0.4, -0.2) is 15.0 Å². The van der Waals surface area contributed by atoms with E-state index in [0.29, 0.717) is 17.5 Å². The number of nitrogens with zero attached hydrogens (tertiary/aromatic N) is 3. The van der Waals surface area contributed by atoms with Gasteiger partial charge in [0.25, 0.3) is 0 Å². The number of fused-ring (bicyclic) bond motifs is 1. The van der Waals surface area contributed by atoms with E-state index in [-0.39, 0.29) is 0 Å². The molecule has 1 aromatic carbocycles. The minimum absolute atomic E-state index is 0.525. The van der Waals surface area contributed by atoms with Gasteiger partial charge in [0.05, 0.1) is 22.9 Å². The maximum absolute atomic E-state index is 5.74. The molecule has 0 aliphatic heterocycles. The molecule has 4 nitrogen and oxygen atoms in total. The standard InChI is InChI=1S/C14H11ClN4/c15-12-8-18-14(19-9-12)17-7-11-4-1-3-10-5-2-6-16-13(10)11/h1-6,8-9H,7H2,(H,17,18,19). The summed E-state index contributed by atoms with van der Waals surface area (Å²) < 4.78 is 0. The van der Waals surface area contributed by atoms with Crippen LogP contribution in [0.25, 0.3) is 10.9 Å². The first-order valence-corrected chi connectivity index (χ1v) is 6.25. The number of hydrogen-bond acceptors (Lipinski definition) is 4. The fourth-order valence-corrected chi connectivity index (χ4v) is 1.99. The predicted molar refractivity (Wildman–Crippen MR) is 76.1 cm³/mol.